The highest BCUT2D eigenvalue weighted by molar-refractivity contribution is 5.63. The van der Waals surface area contributed by atoms with E-state index in [1.807, 2.05) is 13.0 Å². The zero-order valence-electron chi connectivity index (χ0n) is 13.5. The molecule has 3 unspecified atom stereocenters. The third kappa shape index (κ3) is 2.70. The van der Waals surface area contributed by atoms with Gasteiger partial charge in [-0.05, 0) is 54.0 Å². The first-order chi connectivity index (χ1) is 9.84. The minimum atomic E-state index is -0.595. The highest BCUT2D eigenvalue weighted by Crippen LogP contribution is 2.47. The lowest BCUT2D eigenvalue weighted by atomic mass is 9.85. The molecule has 1 aliphatic rings. The van der Waals surface area contributed by atoms with Crippen LogP contribution in [-0.4, -0.2) is 16.8 Å². The topological polar surface area (TPSA) is 40.5 Å². The van der Waals surface area contributed by atoms with Crippen LogP contribution in [0.3, 0.4) is 0 Å². The van der Waals surface area contributed by atoms with Gasteiger partial charge in [-0.15, -0.1) is 6.58 Å². The summed E-state index contributed by atoms with van der Waals surface area (Å²) in [6.45, 7) is 12.0. The maximum Gasteiger partial charge on any atom is 0.0874 e. The predicted octanol–water partition coefficient (Wildman–Crippen LogP) is 3.73. The van der Waals surface area contributed by atoms with Gasteiger partial charge in [-0.1, -0.05) is 38.1 Å². The summed E-state index contributed by atoms with van der Waals surface area (Å²) in [5.41, 5.74) is 5.22. The van der Waals surface area contributed by atoms with Crippen molar-refractivity contribution in [2.75, 3.05) is 6.61 Å². The van der Waals surface area contributed by atoms with Gasteiger partial charge < -0.3 is 10.2 Å². The summed E-state index contributed by atoms with van der Waals surface area (Å²) in [6, 6.07) is 2.16. The minimum Gasteiger partial charge on any atom is -0.396 e. The third-order valence-corrected chi connectivity index (χ3v) is 4.80. The van der Waals surface area contributed by atoms with E-state index in [2.05, 4.69) is 45.6 Å². The number of fused-ring (bicyclic) bond motifs is 1. The Bertz CT molecular complexity index is 586. The summed E-state index contributed by atoms with van der Waals surface area (Å²) in [5, 5.41) is 20.2. The van der Waals surface area contributed by atoms with Crippen LogP contribution in [0.2, 0.25) is 0 Å². The van der Waals surface area contributed by atoms with Gasteiger partial charge in [0.1, 0.15) is 0 Å². The van der Waals surface area contributed by atoms with Gasteiger partial charge >= 0.3 is 0 Å². The Labute approximate surface area is 127 Å². The van der Waals surface area contributed by atoms with Crippen molar-refractivity contribution in [3.05, 3.63) is 52.6 Å². The van der Waals surface area contributed by atoms with Crippen LogP contribution in [0, 0.1) is 25.2 Å². The molecule has 0 spiro atoms. The van der Waals surface area contributed by atoms with Gasteiger partial charge in [0.15, 0.2) is 0 Å². The molecule has 0 fully saturated rings. The molecule has 0 radical (unpaired) electrons. The van der Waals surface area contributed by atoms with Crippen LogP contribution in [0.5, 0.6) is 0 Å². The summed E-state index contributed by atoms with van der Waals surface area (Å²) in [7, 11) is 0. The molecule has 2 heteroatoms. The van der Waals surface area contributed by atoms with Crippen LogP contribution in [0.4, 0.5) is 0 Å². The Kier molecular flexibility index (Phi) is 4.40. The first kappa shape index (κ1) is 16.0. The second-order valence-electron chi connectivity index (χ2n) is 6.65. The summed E-state index contributed by atoms with van der Waals surface area (Å²) in [6.07, 6.45) is 6.29. The molecule has 1 aliphatic carbocycles. The molecular formula is C19H26O2. The van der Waals surface area contributed by atoms with Crippen LogP contribution < -0.4 is 0 Å². The number of allylic oxidation sites excluding steroid dienone is 2. The van der Waals surface area contributed by atoms with E-state index in [-0.39, 0.29) is 6.61 Å². The van der Waals surface area contributed by atoms with Crippen molar-refractivity contribution in [2.45, 2.75) is 40.2 Å². The molecule has 3 atom stereocenters. The fraction of sp³-hybridized carbons (Fsp3) is 0.474. The molecular weight excluding hydrogens is 260 g/mol. The second kappa shape index (κ2) is 5.78. The fourth-order valence-corrected chi connectivity index (χ4v) is 3.23. The average Bonchev–Trinajstić information content (AvgIpc) is 2.70. The van der Waals surface area contributed by atoms with Gasteiger partial charge in [0.25, 0.3) is 0 Å². The molecule has 1 aromatic carbocycles. The lowest BCUT2D eigenvalue weighted by Gasteiger charge is -2.26. The molecule has 114 valence electrons. The molecule has 0 amide bonds. The Morgan fingerprint density at radius 1 is 1.48 bits per heavy atom. The molecule has 0 aromatic heterocycles. The highest BCUT2D eigenvalue weighted by atomic mass is 16.3. The summed E-state index contributed by atoms with van der Waals surface area (Å²) in [5.74, 6) is 0.324. The van der Waals surface area contributed by atoms with Gasteiger partial charge in [-0.25, -0.2) is 0 Å². The van der Waals surface area contributed by atoms with Crippen LogP contribution in [0.15, 0.2) is 24.8 Å². The standard InChI is InChI=1S/C19H26O2/c1-6-12(2)7-8-16-13(3)9-15-10-19(5,11-20)18(21)17(15)14(16)4/h6-9,12,18,20-21H,1,10-11H2,2-5H3. The Morgan fingerprint density at radius 3 is 2.71 bits per heavy atom. The average molecular weight is 286 g/mol. The number of rotatable bonds is 4. The quantitative estimate of drug-likeness (QED) is 0.828. The number of hydrogen-bond donors (Lipinski definition) is 2. The first-order valence-corrected chi connectivity index (χ1v) is 7.56. The predicted molar refractivity (Wildman–Crippen MR) is 88.2 cm³/mol. The van der Waals surface area contributed by atoms with E-state index >= 15 is 0 Å². The largest absolute Gasteiger partial charge is 0.396 e. The maximum absolute atomic E-state index is 10.6. The van der Waals surface area contributed by atoms with Gasteiger partial charge in [0.2, 0.25) is 0 Å². The van der Waals surface area contributed by atoms with Crippen LogP contribution in [0.1, 0.15) is 47.8 Å². The Morgan fingerprint density at radius 2 is 2.14 bits per heavy atom. The van der Waals surface area contributed by atoms with Gasteiger partial charge in [0, 0.05) is 5.41 Å². The van der Waals surface area contributed by atoms with E-state index in [1.165, 1.54) is 16.7 Å². The molecule has 1 aromatic rings. The van der Waals surface area contributed by atoms with Crippen molar-refractivity contribution in [1.29, 1.82) is 0 Å². The molecule has 2 N–H and O–H groups in total. The molecule has 0 aliphatic heterocycles. The van der Waals surface area contributed by atoms with E-state index in [9.17, 15) is 10.2 Å². The molecule has 0 saturated heterocycles. The first-order valence-electron chi connectivity index (χ1n) is 7.56. The van der Waals surface area contributed by atoms with Gasteiger partial charge in [-0.3, -0.25) is 0 Å². The van der Waals surface area contributed by atoms with Crippen molar-refractivity contribution in [3.63, 3.8) is 0 Å². The third-order valence-electron chi connectivity index (χ3n) is 4.80. The SMILES string of the molecule is C=CC(C)C=Cc1c(C)cc2c(c1C)C(O)C(C)(CO)C2. The molecule has 2 nitrogen and oxygen atoms in total. The molecule has 21 heavy (non-hydrogen) atoms. The van der Waals surface area contributed by atoms with Crippen LogP contribution in [-0.2, 0) is 6.42 Å². The van der Waals surface area contributed by atoms with E-state index < -0.39 is 11.5 Å². The van der Waals surface area contributed by atoms with Crippen molar-refractivity contribution < 1.29 is 10.2 Å². The second-order valence-corrected chi connectivity index (χ2v) is 6.65. The Balaban J connectivity index is 2.50. The van der Waals surface area contributed by atoms with E-state index in [0.29, 0.717) is 5.92 Å². The Hall–Kier alpha value is -1.38. The van der Waals surface area contributed by atoms with Crippen LogP contribution >= 0.6 is 0 Å². The van der Waals surface area contributed by atoms with Crippen molar-refractivity contribution in [1.82, 2.24) is 0 Å². The minimum absolute atomic E-state index is 0.00000507. The van der Waals surface area contributed by atoms with Gasteiger partial charge in [0.05, 0.1) is 12.7 Å². The van der Waals surface area contributed by atoms with Crippen molar-refractivity contribution >= 4 is 6.08 Å². The monoisotopic (exact) mass is 286 g/mol. The lowest BCUT2D eigenvalue weighted by Crippen LogP contribution is -2.26. The van der Waals surface area contributed by atoms with E-state index in [4.69, 9.17) is 0 Å². The maximum atomic E-state index is 10.6. The zero-order chi connectivity index (χ0) is 15.8. The summed E-state index contributed by atoms with van der Waals surface area (Å²) >= 11 is 0. The van der Waals surface area contributed by atoms with Gasteiger partial charge in [-0.2, -0.15) is 0 Å². The number of aliphatic hydroxyl groups excluding tert-OH is 2. The summed E-state index contributed by atoms with van der Waals surface area (Å²) in [4.78, 5) is 0. The lowest BCUT2D eigenvalue weighted by molar-refractivity contribution is 0.00755. The normalized spacial score (nSPS) is 26.1. The van der Waals surface area contributed by atoms with Crippen molar-refractivity contribution in [2.24, 2.45) is 11.3 Å². The molecule has 0 bridgehead atoms. The summed E-state index contributed by atoms with van der Waals surface area (Å²) < 4.78 is 0. The fourth-order valence-electron chi connectivity index (χ4n) is 3.23. The van der Waals surface area contributed by atoms with E-state index in [0.717, 1.165) is 17.5 Å². The number of aliphatic hydroxyl groups is 2. The number of benzene rings is 1. The zero-order valence-corrected chi connectivity index (χ0v) is 13.5. The molecule has 0 heterocycles. The van der Waals surface area contributed by atoms with Crippen molar-refractivity contribution in [3.8, 4) is 0 Å². The highest BCUT2D eigenvalue weighted by Gasteiger charge is 2.42. The number of hydrogen-bond acceptors (Lipinski definition) is 2. The van der Waals surface area contributed by atoms with Crippen LogP contribution in [0.25, 0.3) is 6.08 Å². The van der Waals surface area contributed by atoms with E-state index in [1.54, 1.807) is 0 Å². The number of aryl methyl sites for hydroxylation is 1. The smallest absolute Gasteiger partial charge is 0.0874 e. The molecule has 0 saturated carbocycles. The molecule has 2 rings (SSSR count).